The molecular formula is C31H36O10. The van der Waals surface area contributed by atoms with Crippen molar-refractivity contribution in [1.82, 2.24) is 0 Å². The maximum Gasteiger partial charge on any atom is 0.338 e. The van der Waals surface area contributed by atoms with E-state index in [0.717, 1.165) is 13.8 Å². The summed E-state index contributed by atoms with van der Waals surface area (Å²) >= 11 is 0. The minimum Gasteiger partial charge on any atom is -0.459 e. The van der Waals surface area contributed by atoms with Crippen LogP contribution in [0.2, 0.25) is 0 Å². The first-order chi connectivity index (χ1) is 18.9. The molecule has 0 heterocycles. The van der Waals surface area contributed by atoms with Gasteiger partial charge in [0.05, 0.1) is 11.5 Å². The quantitative estimate of drug-likeness (QED) is 0.308. The second kappa shape index (κ2) is 10.0. The number of hydrogen-bond acceptors (Lipinski definition) is 10. The molecule has 8 atom stereocenters. The number of hydrogen-bond donors (Lipinski definition) is 2. The number of ether oxygens (including phenoxy) is 3. The molecule has 2 saturated carbocycles. The Bertz CT molecular complexity index is 1340. The van der Waals surface area contributed by atoms with Gasteiger partial charge in [0.25, 0.3) is 0 Å². The van der Waals surface area contributed by atoms with Crippen molar-refractivity contribution in [3.05, 3.63) is 60.4 Å². The Hall–Kier alpha value is -3.63. The van der Waals surface area contributed by atoms with E-state index in [9.17, 15) is 34.2 Å². The van der Waals surface area contributed by atoms with E-state index in [1.807, 2.05) is 0 Å². The first-order valence-electron chi connectivity index (χ1n) is 13.5. The summed E-state index contributed by atoms with van der Waals surface area (Å²) in [6, 6.07) is 8.04. The van der Waals surface area contributed by atoms with Crippen LogP contribution in [0, 0.1) is 28.6 Å². The van der Waals surface area contributed by atoms with Crippen LogP contribution >= 0.6 is 0 Å². The third-order valence-electron chi connectivity index (χ3n) is 9.18. The van der Waals surface area contributed by atoms with E-state index in [1.54, 1.807) is 39.0 Å². The number of ketones is 2. The second-order valence-corrected chi connectivity index (χ2v) is 12.2. The smallest absolute Gasteiger partial charge is 0.338 e. The number of allylic oxidation sites excluding steroid dienone is 2. The van der Waals surface area contributed by atoms with Crippen LogP contribution in [0.3, 0.4) is 0 Å². The van der Waals surface area contributed by atoms with Crippen LogP contribution in [-0.2, 0) is 33.4 Å². The second-order valence-electron chi connectivity index (χ2n) is 12.2. The fourth-order valence-electron chi connectivity index (χ4n) is 7.44. The van der Waals surface area contributed by atoms with Gasteiger partial charge in [0.15, 0.2) is 17.1 Å². The topological polar surface area (TPSA) is 154 Å². The lowest BCUT2D eigenvalue weighted by Gasteiger charge is -2.65. The standard InChI is InChI=1S/C31H36O10/c1-8-19-23(41-26(35)18-12-10-9-11-13-18)24-29(6)15-20(39-16(2)32)25(34)28(4,5)21(29)14-22(40-17(3)33)31(24,38)27(36)30(19,7)37/h8-13,15,19,21-24,37-38H,1,14H2,2-7H3/t19-,21+,22+,23-,24+,29-,30+,31-/m1/s1. The summed E-state index contributed by atoms with van der Waals surface area (Å²) in [5, 5.41) is 24.0. The van der Waals surface area contributed by atoms with Crippen LogP contribution in [0.1, 0.15) is 58.3 Å². The normalized spacial score (nSPS) is 37.6. The predicted octanol–water partition coefficient (Wildman–Crippen LogP) is 2.71. The van der Waals surface area contributed by atoms with Crippen molar-refractivity contribution in [3.63, 3.8) is 0 Å². The van der Waals surface area contributed by atoms with Crippen LogP contribution in [0.5, 0.6) is 0 Å². The zero-order valence-electron chi connectivity index (χ0n) is 24.0. The van der Waals surface area contributed by atoms with Gasteiger partial charge < -0.3 is 24.4 Å². The first kappa shape index (κ1) is 30.3. The molecule has 0 radical (unpaired) electrons. The van der Waals surface area contributed by atoms with E-state index < -0.39 is 81.5 Å². The number of carbonyl (C=O) groups excluding carboxylic acids is 5. The number of aliphatic hydroxyl groups is 2. The summed E-state index contributed by atoms with van der Waals surface area (Å²) in [6.45, 7) is 12.2. The summed E-state index contributed by atoms with van der Waals surface area (Å²) in [7, 11) is 0. The number of benzene rings is 1. The first-order valence-corrected chi connectivity index (χ1v) is 13.5. The van der Waals surface area contributed by atoms with Crippen LogP contribution in [0.4, 0.5) is 0 Å². The highest BCUT2D eigenvalue weighted by atomic mass is 16.6. The Morgan fingerprint density at radius 1 is 0.976 bits per heavy atom. The molecule has 41 heavy (non-hydrogen) atoms. The van der Waals surface area contributed by atoms with Crippen molar-refractivity contribution in [3.8, 4) is 0 Å². The highest BCUT2D eigenvalue weighted by Crippen LogP contribution is 2.65. The van der Waals surface area contributed by atoms with Crippen molar-refractivity contribution in [1.29, 1.82) is 0 Å². The number of esters is 3. The van der Waals surface area contributed by atoms with Crippen molar-refractivity contribution < 1.29 is 48.4 Å². The maximum atomic E-state index is 14.1. The number of fused-ring (bicyclic) bond motifs is 3. The third-order valence-corrected chi connectivity index (χ3v) is 9.18. The molecule has 0 spiro atoms. The van der Waals surface area contributed by atoms with Gasteiger partial charge in [0, 0.05) is 30.6 Å². The highest BCUT2D eigenvalue weighted by Gasteiger charge is 2.76. The van der Waals surface area contributed by atoms with Gasteiger partial charge in [-0.1, -0.05) is 45.0 Å². The van der Waals surface area contributed by atoms with Gasteiger partial charge in [-0.2, -0.15) is 0 Å². The molecule has 3 aliphatic rings. The lowest BCUT2D eigenvalue weighted by molar-refractivity contribution is -0.263. The molecule has 0 bridgehead atoms. The van der Waals surface area contributed by atoms with Crippen molar-refractivity contribution in [2.45, 2.75) is 71.4 Å². The number of rotatable bonds is 5. The van der Waals surface area contributed by atoms with Gasteiger partial charge in [-0.15, -0.1) is 6.58 Å². The Morgan fingerprint density at radius 2 is 1.59 bits per heavy atom. The molecule has 0 aliphatic heterocycles. The lowest BCUT2D eigenvalue weighted by Crippen LogP contribution is -2.79. The summed E-state index contributed by atoms with van der Waals surface area (Å²) < 4.78 is 16.9. The van der Waals surface area contributed by atoms with Gasteiger partial charge in [0.1, 0.15) is 17.8 Å². The Morgan fingerprint density at radius 3 is 2.12 bits per heavy atom. The van der Waals surface area contributed by atoms with E-state index in [0.29, 0.717) is 0 Å². The Labute approximate surface area is 238 Å². The molecule has 0 saturated heterocycles. The van der Waals surface area contributed by atoms with Crippen LogP contribution in [-0.4, -0.2) is 63.1 Å². The zero-order chi connectivity index (χ0) is 30.7. The van der Waals surface area contributed by atoms with Crippen molar-refractivity contribution in [2.24, 2.45) is 28.6 Å². The predicted molar refractivity (Wildman–Crippen MR) is 144 cm³/mol. The van der Waals surface area contributed by atoms with E-state index in [4.69, 9.17) is 14.2 Å². The van der Waals surface area contributed by atoms with Gasteiger partial charge in [0.2, 0.25) is 5.78 Å². The van der Waals surface area contributed by atoms with Crippen LogP contribution in [0.25, 0.3) is 0 Å². The Balaban J connectivity index is 2.03. The van der Waals surface area contributed by atoms with Gasteiger partial charge in [-0.05, 0) is 37.5 Å². The summed E-state index contributed by atoms with van der Waals surface area (Å²) in [4.78, 5) is 65.3. The molecule has 220 valence electrons. The zero-order valence-corrected chi connectivity index (χ0v) is 24.0. The molecule has 3 aliphatic carbocycles. The monoisotopic (exact) mass is 568 g/mol. The molecule has 0 amide bonds. The molecule has 0 aromatic heterocycles. The number of Topliss-reactive ketones (excluding diaryl/α,β-unsaturated/α-hetero) is 2. The van der Waals surface area contributed by atoms with Gasteiger partial charge in [-0.3, -0.25) is 19.2 Å². The van der Waals surface area contributed by atoms with Gasteiger partial charge in [-0.25, -0.2) is 4.79 Å². The lowest BCUT2D eigenvalue weighted by atomic mass is 9.41. The molecule has 0 unspecified atom stereocenters. The summed E-state index contributed by atoms with van der Waals surface area (Å²) in [5.41, 5.74) is -7.29. The van der Waals surface area contributed by atoms with Crippen LogP contribution < -0.4 is 0 Å². The average molecular weight is 569 g/mol. The highest BCUT2D eigenvalue weighted by molar-refractivity contribution is 6.02. The SMILES string of the molecule is C=C[C@@H]1[C@@H](OC(=O)c2ccccc2)[C@H]2[C@]3(C)C=C(OC(C)=O)C(=O)C(C)(C)[C@@H]3C[C@H](OC(C)=O)[C@]2(O)C(=O)[C@@]1(C)O. The molecule has 2 N–H and O–H groups in total. The van der Waals surface area contributed by atoms with Crippen molar-refractivity contribution in [2.75, 3.05) is 0 Å². The number of carbonyl (C=O) groups is 5. The third kappa shape index (κ3) is 4.53. The largest absolute Gasteiger partial charge is 0.459 e. The molecular weight excluding hydrogens is 532 g/mol. The van der Waals surface area contributed by atoms with Crippen molar-refractivity contribution >= 4 is 29.5 Å². The molecule has 10 heteroatoms. The molecule has 4 rings (SSSR count). The van der Waals surface area contributed by atoms with E-state index in [-0.39, 0.29) is 17.7 Å². The molecule has 1 aromatic rings. The van der Waals surface area contributed by atoms with Gasteiger partial charge >= 0.3 is 17.9 Å². The van der Waals surface area contributed by atoms with E-state index in [2.05, 4.69) is 6.58 Å². The summed E-state index contributed by atoms with van der Waals surface area (Å²) in [6.07, 6.45) is -0.372. The van der Waals surface area contributed by atoms with Crippen LogP contribution in [0.15, 0.2) is 54.8 Å². The summed E-state index contributed by atoms with van der Waals surface area (Å²) in [5.74, 6) is -7.43. The Kier molecular flexibility index (Phi) is 7.42. The average Bonchev–Trinajstić information content (AvgIpc) is 2.87. The molecule has 2 fully saturated rings. The minimum absolute atomic E-state index is 0.147. The van der Waals surface area contributed by atoms with E-state index >= 15 is 0 Å². The van der Waals surface area contributed by atoms with E-state index in [1.165, 1.54) is 31.2 Å². The fourth-order valence-corrected chi connectivity index (χ4v) is 7.44. The fraction of sp³-hybridized carbons (Fsp3) is 0.516. The molecule has 10 nitrogen and oxygen atoms in total. The minimum atomic E-state index is -2.57. The molecule has 1 aromatic carbocycles. The maximum absolute atomic E-state index is 14.1.